The van der Waals surface area contributed by atoms with Crippen LogP contribution in [-0.2, 0) is 35.1 Å². The summed E-state index contributed by atoms with van der Waals surface area (Å²) in [5.41, 5.74) is 8.71. The number of hydrogen-bond donors (Lipinski definition) is 5. The lowest BCUT2D eigenvalue weighted by Gasteiger charge is -2.31. The largest absolute Gasteiger partial charge is 0.508 e. The maximum atomic E-state index is 13.4. The van der Waals surface area contributed by atoms with Gasteiger partial charge in [0.1, 0.15) is 11.8 Å². The van der Waals surface area contributed by atoms with Crippen molar-refractivity contribution in [2.45, 2.75) is 109 Å². The lowest BCUT2D eigenvalue weighted by atomic mass is 9.84. The number of likely N-dealkylation sites (N-methyl/N-ethyl adjacent to an activating group) is 1. The number of thioether (sulfide) groups is 1. The Morgan fingerprint density at radius 1 is 1.02 bits per heavy atom. The van der Waals surface area contributed by atoms with E-state index in [1.54, 1.807) is 12.1 Å². The van der Waals surface area contributed by atoms with Gasteiger partial charge in [0.25, 0.3) is 0 Å². The lowest BCUT2D eigenvalue weighted by molar-refractivity contribution is -0.140. The molecule has 1 aliphatic carbocycles. The molecule has 6 N–H and O–H groups in total. The van der Waals surface area contributed by atoms with Gasteiger partial charge in [-0.2, -0.15) is 11.8 Å². The minimum atomic E-state index is -0.927. The van der Waals surface area contributed by atoms with Crippen LogP contribution in [0.5, 0.6) is 5.75 Å². The van der Waals surface area contributed by atoms with Crippen molar-refractivity contribution in [1.29, 1.82) is 0 Å². The smallest absolute Gasteiger partial charge is 0.305 e. The molecule has 0 unspecified atom stereocenters. The number of carbonyl (C=O) groups excluding carboxylic acids is 5. The third kappa shape index (κ3) is 14.5. The fourth-order valence-electron chi connectivity index (χ4n) is 6.23. The summed E-state index contributed by atoms with van der Waals surface area (Å²) in [5, 5.41) is 17.6. The highest BCUT2D eigenvalue weighted by molar-refractivity contribution is 7.98. The fourth-order valence-corrected chi connectivity index (χ4v) is 6.71. The summed E-state index contributed by atoms with van der Waals surface area (Å²) < 4.78 is 4.70. The predicted octanol–water partition coefficient (Wildman–Crippen LogP) is 2.88. The van der Waals surface area contributed by atoms with Gasteiger partial charge in [-0.25, -0.2) is 0 Å². The molecule has 1 aliphatic rings. The summed E-state index contributed by atoms with van der Waals surface area (Å²) in [7, 11) is 3.26. The molecule has 48 heavy (non-hydrogen) atoms. The van der Waals surface area contributed by atoms with Crippen LogP contribution >= 0.6 is 11.8 Å². The highest BCUT2D eigenvalue weighted by Gasteiger charge is 2.29. The van der Waals surface area contributed by atoms with E-state index >= 15 is 0 Å². The van der Waals surface area contributed by atoms with E-state index in [1.165, 1.54) is 25.3 Å². The maximum Gasteiger partial charge on any atom is 0.305 e. The minimum Gasteiger partial charge on any atom is -0.508 e. The Kier molecular flexibility index (Phi) is 18.6. The molecule has 0 saturated heterocycles. The van der Waals surface area contributed by atoms with Crippen LogP contribution < -0.4 is 21.7 Å². The summed E-state index contributed by atoms with van der Waals surface area (Å²) in [6.45, 7) is 3.90. The maximum absolute atomic E-state index is 13.4. The van der Waals surface area contributed by atoms with Crippen LogP contribution in [0.25, 0.3) is 0 Å². The van der Waals surface area contributed by atoms with E-state index in [9.17, 15) is 29.1 Å². The quantitative estimate of drug-likeness (QED) is 0.101. The molecule has 0 spiro atoms. The Morgan fingerprint density at radius 3 is 2.31 bits per heavy atom. The molecular weight excluding hydrogens is 634 g/mol. The molecule has 3 atom stereocenters. The van der Waals surface area contributed by atoms with Crippen molar-refractivity contribution in [2.75, 3.05) is 39.3 Å². The predicted molar refractivity (Wildman–Crippen MR) is 188 cm³/mol. The number of phenolic OH excluding ortho intramolecular Hbond substituents is 1. The number of amides is 4. The Hall–Kier alpha value is -3.16. The van der Waals surface area contributed by atoms with Gasteiger partial charge in [-0.1, -0.05) is 38.5 Å². The normalized spacial score (nSPS) is 15.3. The van der Waals surface area contributed by atoms with E-state index in [4.69, 9.17) is 10.5 Å². The fraction of sp³-hybridized carbons (Fsp3) is 0.686. The first-order chi connectivity index (χ1) is 22.9. The molecule has 12 nitrogen and oxygen atoms in total. The number of ether oxygens (including phenoxy) is 1. The van der Waals surface area contributed by atoms with Crippen molar-refractivity contribution in [3.63, 3.8) is 0 Å². The number of nitrogens with one attached hydrogen (secondary N) is 3. The van der Waals surface area contributed by atoms with Crippen LogP contribution in [0.2, 0.25) is 0 Å². The van der Waals surface area contributed by atoms with E-state index < -0.39 is 48.3 Å². The van der Waals surface area contributed by atoms with Gasteiger partial charge in [-0.3, -0.25) is 34.2 Å². The van der Waals surface area contributed by atoms with Crippen LogP contribution in [0.3, 0.4) is 0 Å². The number of nitrogens with two attached hydrogens (primary N) is 1. The Bertz CT molecular complexity index is 1200. The molecular formula is C35H57N5O7S. The van der Waals surface area contributed by atoms with E-state index in [2.05, 4.69) is 16.0 Å². The van der Waals surface area contributed by atoms with Gasteiger partial charge >= 0.3 is 5.97 Å². The van der Waals surface area contributed by atoms with Gasteiger partial charge in [-0.15, -0.1) is 0 Å². The second-order valence-corrected chi connectivity index (χ2v) is 14.0. The number of aryl methyl sites for hydroxylation is 2. The molecule has 13 heteroatoms. The molecule has 1 aromatic rings. The van der Waals surface area contributed by atoms with Crippen LogP contribution in [0.1, 0.15) is 87.3 Å². The molecule has 4 amide bonds. The molecule has 2 rings (SSSR count). The first-order valence-corrected chi connectivity index (χ1v) is 18.5. The number of carbonyl (C=O) groups is 5. The molecule has 0 aromatic heterocycles. The summed E-state index contributed by atoms with van der Waals surface area (Å²) in [4.78, 5) is 65.8. The second kappa shape index (κ2) is 21.7. The topological polar surface area (TPSA) is 180 Å². The van der Waals surface area contributed by atoms with E-state index in [-0.39, 0.29) is 18.1 Å². The molecule has 0 bridgehead atoms. The van der Waals surface area contributed by atoms with Gasteiger partial charge in [0, 0.05) is 6.42 Å². The number of phenols is 1. The zero-order chi connectivity index (χ0) is 35.6. The molecule has 270 valence electrons. The van der Waals surface area contributed by atoms with Gasteiger partial charge in [0.2, 0.25) is 23.6 Å². The average molecular weight is 692 g/mol. The SMILES string of the molecule is COC(=O)CCCCCN(C)[C@@H](CC1CCCCC1)C(=O)NC(=O)CNC(=O)[C@@H](CCSC)NC(=O)[C@@H](N)Cc1c(C)cc(O)cc1C. The van der Waals surface area contributed by atoms with Gasteiger partial charge < -0.3 is 26.2 Å². The van der Waals surface area contributed by atoms with Gasteiger partial charge in [-0.05, 0) is 106 Å². The monoisotopic (exact) mass is 691 g/mol. The Morgan fingerprint density at radius 2 is 1.69 bits per heavy atom. The molecule has 0 aliphatic heterocycles. The third-order valence-corrected chi connectivity index (χ3v) is 9.75. The number of unbranched alkanes of at least 4 members (excludes halogenated alkanes) is 2. The van der Waals surface area contributed by atoms with E-state index in [1.807, 2.05) is 32.1 Å². The summed E-state index contributed by atoms with van der Waals surface area (Å²) in [5.74, 6) is -1.16. The summed E-state index contributed by atoms with van der Waals surface area (Å²) in [6, 6.07) is 0.895. The van der Waals surface area contributed by atoms with E-state index in [0.717, 1.165) is 55.2 Å². The highest BCUT2D eigenvalue weighted by Crippen LogP contribution is 2.28. The summed E-state index contributed by atoms with van der Waals surface area (Å²) in [6.07, 6.45) is 11.4. The van der Waals surface area contributed by atoms with Crippen molar-refractivity contribution in [3.05, 3.63) is 28.8 Å². The number of methoxy groups -OCH3 is 1. The minimum absolute atomic E-state index is 0.141. The van der Waals surface area contributed by atoms with Crippen molar-refractivity contribution >= 4 is 41.4 Å². The highest BCUT2D eigenvalue weighted by atomic mass is 32.2. The van der Waals surface area contributed by atoms with Gasteiger partial charge in [0.15, 0.2) is 0 Å². The van der Waals surface area contributed by atoms with Crippen LogP contribution in [0.15, 0.2) is 12.1 Å². The third-order valence-electron chi connectivity index (χ3n) is 9.11. The molecule has 1 aromatic carbocycles. The van der Waals surface area contributed by atoms with Crippen molar-refractivity contribution in [3.8, 4) is 5.75 Å². The number of imide groups is 1. The first-order valence-electron chi connectivity index (χ1n) is 17.1. The number of hydrogen-bond acceptors (Lipinski definition) is 10. The molecule has 0 radical (unpaired) electrons. The molecule has 1 saturated carbocycles. The van der Waals surface area contributed by atoms with Crippen molar-refractivity contribution in [2.24, 2.45) is 11.7 Å². The van der Waals surface area contributed by atoms with E-state index in [0.29, 0.717) is 43.9 Å². The number of benzene rings is 1. The summed E-state index contributed by atoms with van der Waals surface area (Å²) >= 11 is 1.52. The zero-order valence-electron chi connectivity index (χ0n) is 29.4. The second-order valence-electron chi connectivity index (χ2n) is 13.0. The van der Waals surface area contributed by atoms with Crippen LogP contribution in [-0.4, -0.2) is 97.0 Å². The first kappa shape index (κ1) is 41.0. The van der Waals surface area contributed by atoms with Crippen LogP contribution in [0, 0.1) is 19.8 Å². The number of esters is 1. The van der Waals surface area contributed by atoms with Crippen LogP contribution in [0.4, 0.5) is 0 Å². The zero-order valence-corrected chi connectivity index (χ0v) is 30.2. The number of aromatic hydroxyl groups is 1. The number of nitrogens with zero attached hydrogens (tertiary/aromatic N) is 1. The lowest BCUT2D eigenvalue weighted by Crippen LogP contribution is -2.54. The van der Waals surface area contributed by atoms with Crippen molar-refractivity contribution in [1.82, 2.24) is 20.9 Å². The van der Waals surface area contributed by atoms with Crippen molar-refractivity contribution < 1.29 is 33.8 Å². The molecule has 0 heterocycles. The Labute approximate surface area is 290 Å². The standard InChI is InChI=1S/C35H57N5O7S/c1-23-18-26(41)19-24(2)27(23)21-28(36)33(44)38-29(15-17-48-5)34(45)37-22-31(42)39-35(46)30(20-25-12-8-6-9-13-25)40(3)16-11-7-10-14-32(43)47-4/h18-19,25,28-30,41H,6-17,20-22,36H2,1-5H3,(H,37,45)(H,38,44)(H,39,42,46)/t28-,29+,30-/m0/s1. The average Bonchev–Trinajstić information content (AvgIpc) is 3.05. The number of rotatable bonds is 20. The Balaban J connectivity index is 1.96. The van der Waals surface area contributed by atoms with Gasteiger partial charge in [0.05, 0.1) is 25.7 Å². The molecule has 1 fully saturated rings.